The summed E-state index contributed by atoms with van der Waals surface area (Å²) < 4.78 is 0. The maximum absolute atomic E-state index is 11.5. The Kier molecular flexibility index (Phi) is 4.23. The van der Waals surface area contributed by atoms with Crippen LogP contribution in [0.2, 0.25) is 0 Å². The van der Waals surface area contributed by atoms with Crippen molar-refractivity contribution in [2.75, 3.05) is 0 Å². The predicted octanol–water partition coefficient (Wildman–Crippen LogP) is 3.06. The number of carbonyl (C=O) groups is 1. The maximum Gasteiger partial charge on any atom is 0.309 e. The summed E-state index contributed by atoms with van der Waals surface area (Å²) in [6.07, 6.45) is 3.19. The van der Waals surface area contributed by atoms with Crippen molar-refractivity contribution in [3.05, 3.63) is 0 Å². The minimum atomic E-state index is -0.731. The molecule has 0 saturated heterocycles. The molecule has 0 radical (unpaired) electrons. The van der Waals surface area contributed by atoms with Crippen molar-refractivity contribution >= 4 is 5.97 Å². The summed E-state index contributed by atoms with van der Waals surface area (Å²) in [5, 5.41) is 18.9. The van der Waals surface area contributed by atoms with Gasteiger partial charge in [0.1, 0.15) is 0 Å². The molecule has 0 aliphatic heterocycles. The first-order valence-corrected chi connectivity index (χ1v) is 6.59. The van der Waals surface area contributed by atoms with E-state index in [1.807, 2.05) is 0 Å². The lowest BCUT2D eigenvalue weighted by atomic mass is 9.62. The first-order valence-electron chi connectivity index (χ1n) is 6.59. The van der Waals surface area contributed by atoms with E-state index in [2.05, 4.69) is 20.8 Å². The van der Waals surface area contributed by atoms with Crippen LogP contribution in [0.1, 0.15) is 59.8 Å². The Labute approximate surface area is 104 Å². The predicted molar refractivity (Wildman–Crippen MR) is 67.8 cm³/mol. The van der Waals surface area contributed by atoms with E-state index in [0.717, 1.165) is 12.8 Å². The smallest absolute Gasteiger partial charge is 0.309 e. The van der Waals surface area contributed by atoms with Gasteiger partial charge in [0, 0.05) is 0 Å². The molecule has 1 unspecified atom stereocenters. The molecule has 0 bridgehead atoms. The molecule has 3 heteroatoms. The van der Waals surface area contributed by atoms with Crippen LogP contribution in [0.3, 0.4) is 0 Å². The summed E-state index contributed by atoms with van der Waals surface area (Å²) in [5.74, 6) is -0.130. The summed E-state index contributed by atoms with van der Waals surface area (Å²) in [4.78, 5) is 11.5. The standard InChI is InChI=1S/C14H26O3/c1-10(15)9-14(12(16)17)7-5-11(6-8-14)13(2,3)4/h10-11,15H,5-9H2,1-4H3,(H,16,17). The molecule has 1 atom stereocenters. The summed E-state index contributed by atoms with van der Waals surface area (Å²) >= 11 is 0. The molecule has 0 spiro atoms. The number of hydrogen-bond acceptors (Lipinski definition) is 2. The molecule has 1 fully saturated rings. The van der Waals surface area contributed by atoms with Crippen molar-refractivity contribution in [2.45, 2.75) is 65.9 Å². The van der Waals surface area contributed by atoms with E-state index in [4.69, 9.17) is 0 Å². The van der Waals surface area contributed by atoms with Crippen LogP contribution in [0.15, 0.2) is 0 Å². The van der Waals surface area contributed by atoms with Gasteiger partial charge in [0.2, 0.25) is 0 Å². The van der Waals surface area contributed by atoms with Crippen LogP contribution in [-0.4, -0.2) is 22.3 Å². The van der Waals surface area contributed by atoms with E-state index < -0.39 is 17.5 Å². The molecule has 3 nitrogen and oxygen atoms in total. The van der Waals surface area contributed by atoms with Crippen LogP contribution in [-0.2, 0) is 4.79 Å². The lowest BCUT2D eigenvalue weighted by Gasteiger charge is -2.42. The number of rotatable bonds is 3. The summed E-state index contributed by atoms with van der Waals surface area (Å²) in [5.41, 5.74) is -0.425. The Morgan fingerprint density at radius 1 is 1.35 bits per heavy atom. The van der Waals surface area contributed by atoms with Crippen LogP contribution in [0.4, 0.5) is 0 Å². The molecule has 17 heavy (non-hydrogen) atoms. The lowest BCUT2D eigenvalue weighted by molar-refractivity contribution is -0.154. The van der Waals surface area contributed by atoms with Crippen molar-refractivity contribution in [2.24, 2.45) is 16.7 Å². The van der Waals surface area contributed by atoms with Crippen LogP contribution >= 0.6 is 0 Å². The van der Waals surface area contributed by atoms with Crippen molar-refractivity contribution in [1.82, 2.24) is 0 Å². The van der Waals surface area contributed by atoms with Gasteiger partial charge in [-0.1, -0.05) is 20.8 Å². The molecule has 2 N–H and O–H groups in total. The fraction of sp³-hybridized carbons (Fsp3) is 0.929. The minimum absolute atomic E-state index is 0.259. The van der Waals surface area contributed by atoms with E-state index in [1.54, 1.807) is 6.92 Å². The number of carboxylic acid groups (broad SMARTS) is 1. The summed E-state index contributed by atoms with van der Waals surface area (Å²) in [6.45, 7) is 8.35. The van der Waals surface area contributed by atoms with E-state index in [-0.39, 0.29) is 5.41 Å². The molecular weight excluding hydrogens is 216 g/mol. The van der Waals surface area contributed by atoms with Crippen molar-refractivity contribution in [1.29, 1.82) is 0 Å². The highest BCUT2D eigenvalue weighted by Gasteiger charge is 2.44. The number of hydrogen-bond donors (Lipinski definition) is 2. The van der Waals surface area contributed by atoms with Gasteiger partial charge < -0.3 is 10.2 Å². The van der Waals surface area contributed by atoms with Gasteiger partial charge in [0.15, 0.2) is 0 Å². The lowest BCUT2D eigenvalue weighted by Crippen LogP contribution is -2.40. The zero-order valence-electron chi connectivity index (χ0n) is 11.5. The first-order chi connectivity index (χ1) is 7.67. The van der Waals surface area contributed by atoms with Gasteiger partial charge >= 0.3 is 5.97 Å². The summed E-state index contributed by atoms with van der Waals surface area (Å²) in [6, 6.07) is 0. The Morgan fingerprint density at radius 2 is 1.82 bits per heavy atom. The van der Waals surface area contributed by atoms with Crippen molar-refractivity contribution < 1.29 is 15.0 Å². The van der Waals surface area contributed by atoms with E-state index >= 15 is 0 Å². The average Bonchev–Trinajstić information content (AvgIpc) is 2.15. The van der Waals surface area contributed by atoms with Gasteiger partial charge in [-0.15, -0.1) is 0 Å². The van der Waals surface area contributed by atoms with Gasteiger partial charge in [-0.3, -0.25) is 4.79 Å². The summed E-state index contributed by atoms with van der Waals surface area (Å²) in [7, 11) is 0. The molecule has 100 valence electrons. The molecule has 0 heterocycles. The van der Waals surface area contributed by atoms with Crippen LogP contribution < -0.4 is 0 Å². The first kappa shape index (κ1) is 14.5. The second kappa shape index (κ2) is 4.97. The highest BCUT2D eigenvalue weighted by molar-refractivity contribution is 5.74. The number of aliphatic hydroxyl groups excluding tert-OH is 1. The van der Waals surface area contributed by atoms with E-state index in [9.17, 15) is 15.0 Å². The Bertz CT molecular complexity index is 268. The third-order valence-electron chi connectivity index (χ3n) is 4.31. The van der Waals surface area contributed by atoms with Gasteiger partial charge in [-0.2, -0.15) is 0 Å². The van der Waals surface area contributed by atoms with Gasteiger partial charge in [0.25, 0.3) is 0 Å². The monoisotopic (exact) mass is 242 g/mol. The molecule has 0 aromatic carbocycles. The van der Waals surface area contributed by atoms with Crippen LogP contribution in [0, 0.1) is 16.7 Å². The maximum atomic E-state index is 11.5. The third-order valence-corrected chi connectivity index (χ3v) is 4.31. The molecule has 1 aliphatic rings. The molecule has 0 amide bonds. The largest absolute Gasteiger partial charge is 0.481 e. The zero-order valence-corrected chi connectivity index (χ0v) is 11.5. The minimum Gasteiger partial charge on any atom is -0.481 e. The number of carboxylic acids is 1. The molecule has 0 aromatic rings. The molecule has 1 saturated carbocycles. The highest BCUT2D eigenvalue weighted by atomic mass is 16.4. The molecule has 1 rings (SSSR count). The van der Waals surface area contributed by atoms with Gasteiger partial charge in [-0.25, -0.2) is 0 Å². The third kappa shape index (κ3) is 3.44. The van der Waals surface area contributed by atoms with Gasteiger partial charge in [-0.05, 0) is 50.4 Å². The quantitative estimate of drug-likeness (QED) is 0.799. The SMILES string of the molecule is CC(O)CC1(C(=O)O)CCC(C(C)(C)C)CC1. The molecular formula is C14H26O3. The highest BCUT2D eigenvalue weighted by Crippen LogP contribution is 2.47. The zero-order chi connectivity index (χ0) is 13.3. The Hall–Kier alpha value is -0.570. The second-order valence-electron chi connectivity index (χ2n) is 6.78. The van der Waals surface area contributed by atoms with E-state index in [1.165, 1.54) is 0 Å². The van der Waals surface area contributed by atoms with E-state index in [0.29, 0.717) is 25.2 Å². The fourth-order valence-electron chi connectivity index (χ4n) is 3.11. The number of aliphatic hydroxyl groups is 1. The average molecular weight is 242 g/mol. The Balaban J connectivity index is 2.71. The number of aliphatic carboxylic acids is 1. The van der Waals surface area contributed by atoms with Crippen molar-refractivity contribution in [3.8, 4) is 0 Å². The second-order valence-corrected chi connectivity index (χ2v) is 6.78. The van der Waals surface area contributed by atoms with Crippen LogP contribution in [0.25, 0.3) is 0 Å². The van der Waals surface area contributed by atoms with Crippen LogP contribution in [0.5, 0.6) is 0 Å². The molecule has 0 aromatic heterocycles. The van der Waals surface area contributed by atoms with Gasteiger partial charge in [0.05, 0.1) is 11.5 Å². The normalized spacial score (nSPS) is 32.2. The van der Waals surface area contributed by atoms with Crippen molar-refractivity contribution in [3.63, 3.8) is 0 Å². The fourth-order valence-corrected chi connectivity index (χ4v) is 3.11. The topological polar surface area (TPSA) is 57.5 Å². The Morgan fingerprint density at radius 3 is 2.12 bits per heavy atom. The molecule has 1 aliphatic carbocycles.